The predicted molar refractivity (Wildman–Crippen MR) is 157 cm³/mol. The van der Waals surface area contributed by atoms with Crippen molar-refractivity contribution in [1.29, 1.82) is 0 Å². The second-order valence-electron chi connectivity index (χ2n) is 11.8. The number of alkyl halides is 3. The SMILES string of the molecule is O=C1Nc2c(F)cccc2C(c2ccccc2)=NC1NC(=O)C(CCCC(F)(F)F)C(CC1CC1)C(=O)NCN1CCCC1. The molecule has 0 radical (unpaired) electrons. The summed E-state index contributed by atoms with van der Waals surface area (Å²) >= 11 is 0. The number of hydrogen-bond acceptors (Lipinski definition) is 5. The molecule has 1 saturated heterocycles. The molecular weight excluding hydrogens is 578 g/mol. The zero-order valence-electron chi connectivity index (χ0n) is 24.3. The van der Waals surface area contributed by atoms with E-state index < -0.39 is 48.2 Å². The summed E-state index contributed by atoms with van der Waals surface area (Å²) in [6.07, 6.45) is -3.41. The maximum absolute atomic E-state index is 14.9. The van der Waals surface area contributed by atoms with Crippen molar-refractivity contribution in [3.05, 3.63) is 65.5 Å². The Balaban J connectivity index is 1.42. The number of anilines is 1. The van der Waals surface area contributed by atoms with Gasteiger partial charge in [0.15, 0.2) is 0 Å². The van der Waals surface area contributed by atoms with Gasteiger partial charge in [0.05, 0.1) is 18.1 Å². The molecule has 0 bridgehead atoms. The van der Waals surface area contributed by atoms with Crippen LogP contribution in [0.15, 0.2) is 53.5 Å². The molecule has 0 aromatic heterocycles. The molecule has 0 spiro atoms. The Kier molecular flexibility index (Phi) is 9.97. The highest BCUT2D eigenvalue weighted by Gasteiger charge is 2.40. The molecule has 44 heavy (non-hydrogen) atoms. The molecule has 8 nitrogen and oxygen atoms in total. The Morgan fingerprint density at radius 1 is 1.00 bits per heavy atom. The number of fused-ring (bicyclic) bond motifs is 1. The molecule has 1 saturated carbocycles. The Morgan fingerprint density at radius 3 is 2.41 bits per heavy atom. The fourth-order valence-corrected chi connectivity index (χ4v) is 5.93. The molecule has 3 unspecified atom stereocenters. The second kappa shape index (κ2) is 13.9. The first-order valence-corrected chi connectivity index (χ1v) is 15.2. The maximum Gasteiger partial charge on any atom is 0.389 e. The van der Waals surface area contributed by atoms with Gasteiger partial charge in [0.25, 0.3) is 5.91 Å². The van der Waals surface area contributed by atoms with Gasteiger partial charge in [-0.05, 0) is 57.2 Å². The molecule has 236 valence electrons. The number of hydrogen-bond donors (Lipinski definition) is 3. The van der Waals surface area contributed by atoms with E-state index >= 15 is 0 Å². The van der Waals surface area contributed by atoms with E-state index in [1.807, 2.05) is 0 Å². The van der Waals surface area contributed by atoms with Crippen molar-refractivity contribution in [2.75, 3.05) is 25.1 Å². The average molecular weight is 616 g/mol. The van der Waals surface area contributed by atoms with Crippen LogP contribution in [0.2, 0.25) is 0 Å². The Labute approximate surface area is 253 Å². The number of aliphatic imine (C=N–C) groups is 1. The number of benzodiazepines with no additional fused rings is 1. The molecule has 3 aliphatic rings. The van der Waals surface area contributed by atoms with Crippen LogP contribution in [-0.2, 0) is 14.4 Å². The van der Waals surface area contributed by atoms with Crippen molar-refractivity contribution >= 4 is 29.1 Å². The number of para-hydroxylation sites is 1. The normalized spacial score (nSPS) is 20.1. The summed E-state index contributed by atoms with van der Waals surface area (Å²) in [5.74, 6) is -4.41. The van der Waals surface area contributed by atoms with Gasteiger partial charge in [-0.3, -0.25) is 19.3 Å². The van der Waals surface area contributed by atoms with Gasteiger partial charge in [-0.25, -0.2) is 9.38 Å². The number of nitrogens with one attached hydrogen (secondary N) is 3. The van der Waals surface area contributed by atoms with E-state index in [0.29, 0.717) is 24.2 Å². The van der Waals surface area contributed by atoms with E-state index in [4.69, 9.17) is 0 Å². The number of likely N-dealkylation sites (tertiary alicyclic amines) is 1. The van der Waals surface area contributed by atoms with E-state index in [-0.39, 0.29) is 36.1 Å². The largest absolute Gasteiger partial charge is 0.389 e. The third-order valence-corrected chi connectivity index (χ3v) is 8.44. The molecule has 3 N–H and O–H groups in total. The highest BCUT2D eigenvalue weighted by atomic mass is 19.4. The van der Waals surface area contributed by atoms with Crippen LogP contribution < -0.4 is 16.0 Å². The first kappa shape index (κ1) is 31.6. The standard InChI is InChI=1S/C32H37F4N5O3/c33-25-12-6-10-23-26(21-8-2-1-3-9-21)38-28(31(44)39-27(23)25)40-30(43)22(11-7-15-32(34,35)36)24(18-20-13-14-20)29(42)37-19-41-16-4-5-17-41/h1-3,6,8-10,12,20,22,24,28H,4-5,7,11,13-19H2,(H,37,42)(H,39,44)(H,40,43). The molecule has 2 fully saturated rings. The number of carbonyl (C=O) groups excluding carboxylic acids is 3. The van der Waals surface area contributed by atoms with Crippen LogP contribution in [0.1, 0.15) is 62.5 Å². The fourth-order valence-electron chi connectivity index (χ4n) is 5.93. The number of rotatable bonds is 12. The summed E-state index contributed by atoms with van der Waals surface area (Å²) in [4.78, 5) is 47.4. The molecule has 2 aliphatic heterocycles. The zero-order chi connectivity index (χ0) is 31.3. The van der Waals surface area contributed by atoms with E-state index in [9.17, 15) is 31.9 Å². The topological polar surface area (TPSA) is 103 Å². The smallest absolute Gasteiger partial charge is 0.343 e. The lowest BCUT2D eigenvalue weighted by molar-refractivity contribution is -0.141. The number of carbonyl (C=O) groups is 3. The monoisotopic (exact) mass is 615 g/mol. The summed E-state index contributed by atoms with van der Waals surface area (Å²) < 4.78 is 54.3. The maximum atomic E-state index is 14.9. The van der Waals surface area contributed by atoms with Gasteiger partial charge in [-0.1, -0.05) is 55.3 Å². The van der Waals surface area contributed by atoms with Crippen molar-refractivity contribution in [2.24, 2.45) is 22.7 Å². The molecular formula is C32H37F4N5O3. The molecule has 2 aromatic rings. The lowest BCUT2D eigenvalue weighted by Crippen LogP contribution is -2.49. The Hall–Kier alpha value is -3.80. The summed E-state index contributed by atoms with van der Waals surface area (Å²) in [5.41, 5.74) is 1.06. The van der Waals surface area contributed by atoms with Crippen LogP contribution in [0.5, 0.6) is 0 Å². The summed E-state index contributed by atoms with van der Waals surface area (Å²) in [7, 11) is 0. The lowest BCUT2D eigenvalue weighted by Gasteiger charge is -2.28. The van der Waals surface area contributed by atoms with Crippen LogP contribution in [0.25, 0.3) is 0 Å². The molecule has 2 aromatic carbocycles. The van der Waals surface area contributed by atoms with Gasteiger partial charge < -0.3 is 16.0 Å². The van der Waals surface area contributed by atoms with Gasteiger partial charge in [0, 0.05) is 29.4 Å². The third-order valence-electron chi connectivity index (χ3n) is 8.44. The molecule has 1 aliphatic carbocycles. The third kappa shape index (κ3) is 8.22. The molecule has 5 rings (SSSR count). The predicted octanol–water partition coefficient (Wildman–Crippen LogP) is 4.99. The molecule has 12 heteroatoms. The Bertz CT molecular complexity index is 1370. The minimum Gasteiger partial charge on any atom is -0.343 e. The fraction of sp³-hybridized carbons (Fsp3) is 0.500. The van der Waals surface area contributed by atoms with Crippen molar-refractivity contribution in [3.8, 4) is 0 Å². The van der Waals surface area contributed by atoms with Gasteiger partial charge in [0.1, 0.15) is 5.82 Å². The van der Waals surface area contributed by atoms with E-state index in [1.54, 1.807) is 36.4 Å². The average Bonchev–Trinajstić information content (AvgIpc) is 3.69. The van der Waals surface area contributed by atoms with Crippen LogP contribution in [-0.4, -0.2) is 60.4 Å². The number of nitrogens with zero attached hydrogens (tertiary/aromatic N) is 2. The minimum absolute atomic E-state index is 0.0912. The summed E-state index contributed by atoms with van der Waals surface area (Å²) in [6, 6.07) is 13.0. The van der Waals surface area contributed by atoms with Gasteiger partial charge in [0.2, 0.25) is 18.0 Å². The second-order valence-corrected chi connectivity index (χ2v) is 11.8. The minimum atomic E-state index is -4.42. The van der Waals surface area contributed by atoms with E-state index in [2.05, 4.69) is 25.8 Å². The van der Waals surface area contributed by atoms with E-state index in [0.717, 1.165) is 38.8 Å². The van der Waals surface area contributed by atoms with Crippen LogP contribution in [0, 0.1) is 23.6 Å². The molecule has 2 heterocycles. The van der Waals surface area contributed by atoms with Crippen molar-refractivity contribution < 1.29 is 31.9 Å². The van der Waals surface area contributed by atoms with Crippen molar-refractivity contribution in [2.45, 2.75) is 63.7 Å². The zero-order valence-corrected chi connectivity index (χ0v) is 24.3. The summed E-state index contributed by atoms with van der Waals surface area (Å²) in [6.45, 7) is 1.98. The quantitative estimate of drug-likeness (QED) is 0.293. The van der Waals surface area contributed by atoms with Crippen molar-refractivity contribution in [1.82, 2.24) is 15.5 Å². The first-order valence-electron chi connectivity index (χ1n) is 15.2. The van der Waals surface area contributed by atoms with Gasteiger partial charge >= 0.3 is 6.18 Å². The van der Waals surface area contributed by atoms with Crippen LogP contribution in [0.4, 0.5) is 23.2 Å². The van der Waals surface area contributed by atoms with Crippen LogP contribution >= 0.6 is 0 Å². The number of halogens is 4. The molecule has 3 atom stereocenters. The first-order chi connectivity index (χ1) is 21.1. The lowest BCUT2D eigenvalue weighted by atomic mass is 9.82. The summed E-state index contributed by atoms with van der Waals surface area (Å²) in [5, 5.41) is 8.03. The van der Waals surface area contributed by atoms with Gasteiger partial charge in [-0.2, -0.15) is 13.2 Å². The van der Waals surface area contributed by atoms with Gasteiger partial charge in [-0.15, -0.1) is 0 Å². The van der Waals surface area contributed by atoms with E-state index in [1.165, 1.54) is 12.1 Å². The highest BCUT2D eigenvalue weighted by molar-refractivity contribution is 6.20. The number of benzene rings is 2. The highest BCUT2D eigenvalue weighted by Crippen LogP contribution is 2.39. The number of amides is 3. The van der Waals surface area contributed by atoms with Crippen LogP contribution in [0.3, 0.4) is 0 Å². The van der Waals surface area contributed by atoms with Crippen molar-refractivity contribution in [3.63, 3.8) is 0 Å². The molecule has 3 amide bonds. The Morgan fingerprint density at radius 2 is 1.73 bits per heavy atom.